The molecule has 0 aromatic carbocycles. The summed E-state index contributed by atoms with van der Waals surface area (Å²) in [6.45, 7) is 7.16. The van der Waals surface area contributed by atoms with Gasteiger partial charge in [-0.15, -0.1) is 15.5 Å². The van der Waals surface area contributed by atoms with Crippen molar-refractivity contribution in [3.05, 3.63) is 22.4 Å². The lowest BCUT2D eigenvalue weighted by atomic mass is 9.97. The van der Waals surface area contributed by atoms with Crippen LogP contribution in [0.3, 0.4) is 0 Å². The highest BCUT2D eigenvalue weighted by atomic mass is 32.3. The SMILES string of the molecule is CC1(C)C(=O)N(CC2CCOCC2)[C@H]2CN(Cc3cccs3)C[C@@H]2[S+]1(=O)[O-]. The third kappa shape index (κ3) is 3.40. The molecule has 1 unspecified atom stereocenters. The Balaban J connectivity index is 1.58. The van der Waals surface area contributed by atoms with E-state index in [1.54, 1.807) is 25.2 Å². The number of likely N-dealkylation sites (tertiary alicyclic amines) is 1. The quantitative estimate of drug-likeness (QED) is 0.707. The molecule has 1 aromatic heterocycles. The molecule has 3 atom stereocenters. The summed E-state index contributed by atoms with van der Waals surface area (Å²) in [5.41, 5.74) is 0. The van der Waals surface area contributed by atoms with Crippen molar-refractivity contribution >= 4 is 27.5 Å². The van der Waals surface area contributed by atoms with E-state index in [4.69, 9.17) is 4.74 Å². The first-order valence-corrected chi connectivity index (χ1v) is 12.1. The molecular weight excluding hydrogens is 384 g/mol. The maximum absolute atomic E-state index is 13.2. The molecule has 0 spiro atoms. The number of nitrogens with zero attached hydrogens (tertiary/aromatic N) is 2. The predicted molar refractivity (Wildman–Crippen MR) is 105 cm³/mol. The summed E-state index contributed by atoms with van der Waals surface area (Å²) in [7, 11) is -3.53. The zero-order chi connectivity index (χ0) is 19.2. The largest absolute Gasteiger partial charge is 0.614 e. The first kappa shape index (κ1) is 19.5. The van der Waals surface area contributed by atoms with Crippen LogP contribution in [0.15, 0.2) is 17.5 Å². The van der Waals surface area contributed by atoms with Crippen molar-refractivity contribution in [2.45, 2.75) is 49.3 Å². The second-order valence-electron chi connectivity index (χ2n) is 8.45. The standard InChI is InChI=1S/C19H28N2O4S2/c1-19(2)18(22)21(10-14-5-7-25-8-6-14)16-12-20(11-15-4-3-9-26-15)13-17(16)27(19,23)24/h3-4,9,14,16-17H,5-8,10-13H2,1-2H3/t16-,17-/m0/s1. The lowest BCUT2D eigenvalue weighted by molar-refractivity contribution is -0.137. The number of amides is 1. The first-order valence-electron chi connectivity index (χ1n) is 9.67. The van der Waals surface area contributed by atoms with E-state index in [1.165, 1.54) is 4.88 Å². The second-order valence-corrected chi connectivity index (χ2v) is 12.2. The summed E-state index contributed by atoms with van der Waals surface area (Å²) in [5, 5.41) is 1.55. The van der Waals surface area contributed by atoms with Gasteiger partial charge >= 0.3 is 0 Å². The van der Waals surface area contributed by atoms with Crippen LogP contribution < -0.4 is 0 Å². The Morgan fingerprint density at radius 3 is 2.74 bits per heavy atom. The highest BCUT2D eigenvalue weighted by molar-refractivity contribution is 8.00. The van der Waals surface area contributed by atoms with Crippen molar-refractivity contribution in [2.24, 2.45) is 5.92 Å². The highest BCUT2D eigenvalue weighted by Crippen LogP contribution is 2.41. The van der Waals surface area contributed by atoms with Crippen LogP contribution in [0.2, 0.25) is 0 Å². The zero-order valence-corrected chi connectivity index (χ0v) is 17.6. The van der Waals surface area contributed by atoms with Crippen LogP contribution in [0.1, 0.15) is 31.6 Å². The Morgan fingerprint density at radius 1 is 1.33 bits per heavy atom. The number of ether oxygens (including phenoxy) is 1. The van der Waals surface area contributed by atoms with Crippen LogP contribution >= 0.6 is 11.3 Å². The number of hydrogen-bond acceptors (Lipinski definition) is 6. The Hall–Kier alpha value is -0.800. The topological polar surface area (TPSA) is 72.9 Å². The molecule has 3 aliphatic rings. The van der Waals surface area contributed by atoms with Crippen LogP contribution in [0.4, 0.5) is 0 Å². The average Bonchev–Trinajstić information content (AvgIpc) is 3.29. The normalized spacial score (nSPS) is 34.8. The fraction of sp³-hybridized carbons (Fsp3) is 0.737. The van der Waals surface area contributed by atoms with Gasteiger partial charge in [0.25, 0.3) is 5.91 Å². The minimum absolute atomic E-state index is 0.229. The van der Waals surface area contributed by atoms with Gasteiger partial charge in [-0.3, -0.25) is 9.69 Å². The Labute approximate surface area is 166 Å². The number of sulfone groups is 1. The molecule has 0 N–H and O–H groups in total. The minimum atomic E-state index is -3.53. The van der Waals surface area contributed by atoms with Crippen molar-refractivity contribution in [2.75, 3.05) is 32.8 Å². The molecule has 8 heteroatoms. The number of hydrogen-bond donors (Lipinski definition) is 0. The third-order valence-electron chi connectivity index (χ3n) is 6.35. The van der Waals surface area contributed by atoms with Crippen LogP contribution in [-0.4, -0.2) is 69.1 Å². The molecule has 1 aromatic rings. The van der Waals surface area contributed by atoms with Crippen LogP contribution in [-0.2, 0) is 30.5 Å². The van der Waals surface area contributed by atoms with Crippen molar-refractivity contribution in [3.63, 3.8) is 0 Å². The highest BCUT2D eigenvalue weighted by Gasteiger charge is 2.63. The summed E-state index contributed by atoms with van der Waals surface area (Å²) < 4.78 is 30.5. The first-order chi connectivity index (χ1) is 12.8. The van der Waals surface area contributed by atoms with Crippen molar-refractivity contribution in [1.29, 1.82) is 0 Å². The lowest BCUT2D eigenvalue weighted by Gasteiger charge is -2.48. The molecule has 4 heterocycles. The molecule has 0 bridgehead atoms. The second kappa shape index (κ2) is 7.22. The van der Waals surface area contributed by atoms with E-state index in [0.717, 1.165) is 32.6 Å². The third-order valence-corrected chi connectivity index (χ3v) is 10.1. The zero-order valence-electron chi connectivity index (χ0n) is 16.0. The number of thiophene rings is 1. The predicted octanol–water partition coefficient (Wildman–Crippen LogP) is 1.98. The number of fused-ring (bicyclic) bond motifs is 1. The van der Waals surface area contributed by atoms with Crippen LogP contribution in [0.25, 0.3) is 0 Å². The van der Waals surface area contributed by atoms with Crippen molar-refractivity contribution in [3.8, 4) is 0 Å². The molecule has 27 heavy (non-hydrogen) atoms. The van der Waals surface area contributed by atoms with Gasteiger partial charge in [0.1, 0.15) is 0 Å². The summed E-state index contributed by atoms with van der Waals surface area (Å²) in [6.07, 6.45) is 1.88. The molecule has 0 radical (unpaired) electrons. The lowest BCUT2D eigenvalue weighted by Crippen LogP contribution is -2.68. The monoisotopic (exact) mass is 412 g/mol. The van der Waals surface area contributed by atoms with E-state index in [0.29, 0.717) is 25.6 Å². The smallest absolute Gasteiger partial charge is 0.278 e. The van der Waals surface area contributed by atoms with Gasteiger partial charge in [-0.25, -0.2) is 0 Å². The van der Waals surface area contributed by atoms with E-state index >= 15 is 0 Å². The number of carbonyl (C=O) groups excluding carboxylic acids is 1. The molecule has 150 valence electrons. The number of carbonyl (C=O) groups is 1. The summed E-state index contributed by atoms with van der Waals surface area (Å²) in [5.74, 6) is 0.166. The molecule has 0 aliphatic carbocycles. The summed E-state index contributed by atoms with van der Waals surface area (Å²) in [4.78, 5) is 18.5. The summed E-state index contributed by atoms with van der Waals surface area (Å²) >= 11 is 1.69. The molecular formula is C19H28N2O4S2. The van der Waals surface area contributed by atoms with E-state index < -0.39 is 20.2 Å². The van der Waals surface area contributed by atoms with Gasteiger partial charge in [-0.2, -0.15) is 0 Å². The molecule has 3 fully saturated rings. The van der Waals surface area contributed by atoms with Gasteiger partial charge in [0.2, 0.25) is 4.75 Å². The molecule has 1 amide bonds. The van der Waals surface area contributed by atoms with Gasteiger partial charge in [-0.1, -0.05) is 6.07 Å². The van der Waals surface area contributed by atoms with Crippen LogP contribution in [0.5, 0.6) is 0 Å². The van der Waals surface area contributed by atoms with Gasteiger partial charge in [-0.05, 0) is 44.1 Å². The maximum atomic E-state index is 13.2. The van der Waals surface area contributed by atoms with Gasteiger partial charge in [0, 0.05) is 44.3 Å². The molecule has 0 saturated carbocycles. The maximum Gasteiger partial charge on any atom is 0.278 e. The minimum Gasteiger partial charge on any atom is -0.614 e. The van der Waals surface area contributed by atoms with Gasteiger partial charge in [0.05, 0.1) is 16.3 Å². The van der Waals surface area contributed by atoms with Gasteiger partial charge < -0.3 is 14.2 Å². The molecule has 3 aliphatic heterocycles. The summed E-state index contributed by atoms with van der Waals surface area (Å²) in [6, 6.07) is 3.86. The van der Waals surface area contributed by atoms with Crippen molar-refractivity contribution < 1.29 is 18.3 Å². The van der Waals surface area contributed by atoms with Crippen molar-refractivity contribution in [1.82, 2.24) is 9.80 Å². The Bertz CT molecular complexity index is 730. The Morgan fingerprint density at radius 2 is 2.07 bits per heavy atom. The Kier molecular flexibility index (Phi) is 5.22. The fourth-order valence-corrected chi connectivity index (χ4v) is 7.53. The number of rotatable bonds is 4. The van der Waals surface area contributed by atoms with E-state index in [9.17, 15) is 13.6 Å². The van der Waals surface area contributed by atoms with E-state index in [1.807, 2.05) is 16.3 Å². The fourth-order valence-electron chi connectivity index (χ4n) is 4.61. The molecule has 4 rings (SSSR count). The average molecular weight is 413 g/mol. The molecule has 6 nitrogen and oxygen atoms in total. The molecule has 3 saturated heterocycles. The van der Waals surface area contributed by atoms with E-state index in [2.05, 4.69) is 11.0 Å². The van der Waals surface area contributed by atoms with Gasteiger partial charge in [0.15, 0.2) is 5.25 Å². The van der Waals surface area contributed by atoms with Crippen LogP contribution in [0, 0.1) is 5.92 Å². The van der Waals surface area contributed by atoms with E-state index in [-0.39, 0.29) is 11.9 Å².